The molecule has 2 unspecified atom stereocenters. The van der Waals surface area contributed by atoms with Crippen LogP contribution in [0.3, 0.4) is 0 Å². The Balaban J connectivity index is 1.37. The Hall–Kier alpha value is -3.35. The van der Waals surface area contributed by atoms with Crippen LogP contribution in [0.25, 0.3) is 6.08 Å². The van der Waals surface area contributed by atoms with E-state index >= 15 is 0 Å². The summed E-state index contributed by atoms with van der Waals surface area (Å²) < 4.78 is 11.6. The fraction of sp³-hybridized carbons (Fsp3) is 0.214. The predicted octanol–water partition coefficient (Wildman–Crippen LogP) is 4.23. The van der Waals surface area contributed by atoms with Gasteiger partial charge in [0.15, 0.2) is 11.6 Å². The molecular weight excluding hydrogens is 477 g/mol. The van der Waals surface area contributed by atoms with Crippen molar-refractivity contribution < 1.29 is 29.0 Å². The van der Waals surface area contributed by atoms with E-state index in [1.54, 1.807) is 6.08 Å². The number of nitrogens with zero attached hydrogens (tertiary/aromatic N) is 1. The van der Waals surface area contributed by atoms with E-state index in [9.17, 15) is 29.0 Å². The SMILES string of the molecule is O=C1C(=Cc2ccc3c(c2)C2CCCC2N3c2ccc(CO)cc2)C(=O)c2cc(P(=O)(O)O)ccc21. The van der Waals surface area contributed by atoms with Crippen LogP contribution in [0, 0.1) is 0 Å². The van der Waals surface area contributed by atoms with Crippen LogP contribution in [-0.2, 0) is 11.2 Å². The maximum absolute atomic E-state index is 13.0. The van der Waals surface area contributed by atoms with Gasteiger partial charge >= 0.3 is 7.60 Å². The Morgan fingerprint density at radius 1 is 0.917 bits per heavy atom. The smallest absolute Gasteiger partial charge is 0.356 e. The maximum Gasteiger partial charge on any atom is 0.356 e. The second-order valence-corrected chi connectivity index (χ2v) is 11.2. The van der Waals surface area contributed by atoms with Gasteiger partial charge in [0, 0.05) is 34.5 Å². The number of carbonyl (C=O) groups is 2. The summed E-state index contributed by atoms with van der Waals surface area (Å²) in [5, 5.41) is 9.11. The van der Waals surface area contributed by atoms with Gasteiger partial charge < -0.3 is 19.8 Å². The third-order valence-electron chi connectivity index (χ3n) is 7.55. The van der Waals surface area contributed by atoms with Crippen molar-refractivity contribution in [3.05, 3.63) is 94.1 Å². The number of benzene rings is 3. The molecular formula is C28H24NO6P. The van der Waals surface area contributed by atoms with Crippen molar-refractivity contribution in [2.24, 2.45) is 0 Å². The van der Waals surface area contributed by atoms with E-state index in [2.05, 4.69) is 11.0 Å². The number of anilines is 2. The summed E-state index contributed by atoms with van der Waals surface area (Å²) in [5.74, 6) is -0.596. The average molecular weight is 501 g/mol. The molecule has 2 aliphatic carbocycles. The van der Waals surface area contributed by atoms with E-state index < -0.39 is 19.2 Å². The first-order valence-corrected chi connectivity index (χ1v) is 13.5. The summed E-state index contributed by atoms with van der Waals surface area (Å²) in [7, 11) is -4.54. The molecule has 1 heterocycles. The van der Waals surface area contributed by atoms with Crippen LogP contribution in [0.1, 0.15) is 62.6 Å². The van der Waals surface area contributed by atoms with Crippen LogP contribution in [-0.4, -0.2) is 32.5 Å². The summed E-state index contributed by atoms with van der Waals surface area (Å²) in [5.41, 5.74) is 5.19. The van der Waals surface area contributed by atoms with Gasteiger partial charge in [-0.2, -0.15) is 0 Å². The summed E-state index contributed by atoms with van der Waals surface area (Å²) in [6, 6.07) is 17.9. The lowest BCUT2D eigenvalue weighted by atomic mass is 9.95. The lowest BCUT2D eigenvalue weighted by Gasteiger charge is -2.27. The largest absolute Gasteiger partial charge is 0.392 e. The number of aliphatic hydroxyl groups is 1. The normalized spacial score (nSPS) is 21.8. The lowest BCUT2D eigenvalue weighted by molar-refractivity contribution is 0.0990. The zero-order chi connectivity index (χ0) is 25.2. The Bertz CT molecular complexity index is 1500. The molecule has 6 rings (SSSR count). The van der Waals surface area contributed by atoms with Crippen molar-refractivity contribution in [1.29, 1.82) is 0 Å². The molecule has 3 N–H and O–H groups in total. The van der Waals surface area contributed by atoms with Crippen molar-refractivity contribution in [2.75, 3.05) is 4.90 Å². The molecule has 0 bridgehead atoms. The van der Waals surface area contributed by atoms with Crippen molar-refractivity contribution >= 4 is 41.9 Å². The number of carbonyl (C=O) groups excluding carboxylic acids is 2. The number of rotatable bonds is 4. The minimum Gasteiger partial charge on any atom is -0.392 e. The number of fused-ring (bicyclic) bond motifs is 4. The highest BCUT2D eigenvalue weighted by Gasteiger charge is 2.42. The molecule has 3 aliphatic rings. The zero-order valence-corrected chi connectivity index (χ0v) is 20.2. The second kappa shape index (κ2) is 8.36. The molecule has 0 radical (unpaired) electrons. The van der Waals surface area contributed by atoms with E-state index in [0.29, 0.717) is 12.0 Å². The molecule has 3 aromatic rings. The van der Waals surface area contributed by atoms with Crippen LogP contribution < -0.4 is 10.2 Å². The van der Waals surface area contributed by atoms with E-state index in [1.807, 2.05) is 36.4 Å². The Morgan fingerprint density at radius 2 is 1.67 bits per heavy atom. The number of Topliss-reactive ketones (excluding diaryl/α,β-unsaturated/α-hetero) is 2. The van der Waals surface area contributed by atoms with Crippen LogP contribution in [0.5, 0.6) is 0 Å². The molecule has 1 saturated carbocycles. The fourth-order valence-electron chi connectivity index (χ4n) is 5.85. The quantitative estimate of drug-likeness (QED) is 0.278. The van der Waals surface area contributed by atoms with E-state index in [0.717, 1.165) is 47.8 Å². The minimum atomic E-state index is -4.54. The van der Waals surface area contributed by atoms with Crippen LogP contribution in [0.4, 0.5) is 11.4 Å². The van der Waals surface area contributed by atoms with Crippen molar-refractivity contribution in [1.82, 2.24) is 0 Å². The maximum atomic E-state index is 13.0. The molecule has 0 saturated heterocycles. The first kappa shape index (κ1) is 23.1. The monoisotopic (exact) mass is 501 g/mol. The molecule has 182 valence electrons. The number of aliphatic hydroxyl groups excluding tert-OH is 1. The zero-order valence-electron chi connectivity index (χ0n) is 19.3. The Morgan fingerprint density at radius 3 is 2.39 bits per heavy atom. The first-order chi connectivity index (χ1) is 17.3. The van der Waals surface area contributed by atoms with Gasteiger partial charge in [-0.3, -0.25) is 14.2 Å². The van der Waals surface area contributed by atoms with Crippen LogP contribution in [0.15, 0.2) is 66.2 Å². The molecule has 36 heavy (non-hydrogen) atoms. The van der Waals surface area contributed by atoms with Gasteiger partial charge in [0.25, 0.3) is 0 Å². The van der Waals surface area contributed by atoms with Gasteiger partial charge in [0.2, 0.25) is 0 Å². The number of ketones is 2. The van der Waals surface area contributed by atoms with Gasteiger partial charge in [-0.15, -0.1) is 0 Å². The van der Waals surface area contributed by atoms with E-state index in [1.165, 1.54) is 17.7 Å². The van der Waals surface area contributed by atoms with Gasteiger partial charge in [-0.1, -0.05) is 24.6 Å². The number of hydrogen-bond donors (Lipinski definition) is 3. The minimum absolute atomic E-state index is 0.00286. The highest BCUT2D eigenvalue weighted by atomic mass is 31.2. The molecule has 3 aromatic carbocycles. The van der Waals surface area contributed by atoms with Gasteiger partial charge in [-0.05, 0) is 78.1 Å². The Labute approximate surface area is 207 Å². The number of allylic oxidation sites excluding steroid dienone is 1. The van der Waals surface area contributed by atoms with Gasteiger partial charge in [-0.25, -0.2) is 0 Å². The van der Waals surface area contributed by atoms with Gasteiger partial charge in [0.05, 0.1) is 17.5 Å². The summed E-state index contributed by atoms with van der Waals surface area (Å²) >= 11 is 0. The van der Waals surface area contributed by atoms with Crippen molar-refractivity contribution in [3.8, 4) is 0 Å². The third kappa shape index (κ3) is 3.59. The van der Waals surface area contributed by atoms with Crippen molar-refractivity contribution in [3.63, 3.8) is 0 Å². The van der Waals surface area contributed by atoms with Crippen LogP contribution in [0.2, 0.25) is 0 Å². The van der Waals surface area contributed by atoms with Crippen LogP contribution >= 0.6 is 7.60 Å². The summed E-state index contributed by atoms with van der Waals surface area (Å²) in [6.07, 6.45) is 4.85. The third-order valence-corrected chi connectivity index (χ3v) is 8.50. The standard InChI is InChI=1S/C28H24NO6P/c30-15-16-4-7-18(8-5-16)29-25-3-1-2-20(25)22-12-17(6-11-26(22)29)13-24-27(31)21-10-9-19(36(33,34)35)14-23(21)28(24)32/h4-14,20,25,30H,1-3,15H2,(H2,33,34,35). The summed E-state index contributed by atoms with van der Waals surface area (Å²) in [4.78, 5) is 47.3. The predicted molar refractivity (Wildman–Crippen MR) is 136 cm³/mol. The topological polar surface area (TPSA) is 115 Å². The molecule has 0 spiro atoms. The molecule has 0 aromatic heterocycles. The highest BCUT2D eigenvalue weighted by molar-refractivity contribution is 7.60. The van der Waals surface area contributed by atoms with E-state index in [-0.39, 0.29) is 28.6 Å². The molecule has 1 aliphatic heterocycles. The molecule has 8 heteroatoms. The Kier molecular flexibility index (Phi) is 5.36. The van der Waals surface area contributed by atoms with Gasteiger partial charge in [0.1, 0.15) is 0 Å². The second-order valence-electron chi connectivity index (χ2n) is 9.61. The molecule has 2 atom stereocenters. The fourth-order valence-corrected chi connectivity index (χ4v) is 6.42. The number of hydrogen-bond acceptors (Lipinski definition) is 5. The lowest BCUT2D eigenvalue weighted by Crippen LogP contribution is -2.26. The van der Waals surface area contributed by atoms with Crippen molar-refractivity contribution in [2.45, 2.75) is 37.8 Å². The summed E-state index contributed by atoms with van der Waals surface area (Å²) in [6.45, 7) is 0.00286. The molecule has 1 fully saturated rings. The average Bonchev–Trinajstić information content (AvgIpc) is 3.52. The molecule has 7 nitrogen and oxygen atoms in total. The molecule has 0 amide bonds. The first-order valence-electron chi connectivity index (χ1n) is 11.9. The highest BCUT2D eigenvalue weighted by Crippen LogP contribution is 2.52. The van der Waals surface area contributed by atoms with E-state index in [4.69, 9.17) is 0 Å².